The van der Waals surface area contributed by atoms with Gasteiger partial charge < -0.3 is 15.0 Å². The van der Waals surface area contributed by atoms with Crippen molar-refractivity contribution in [2.24, 2.45) is 0 Å². The van der Waals surface area contributed by atoms with Gasteiger partial charge in [0.15, 0.2) is 17.2 Å². The zero-order valence-electron chi connectivity index (χ0n) is 14.2. The molecular weight excluding hydrogens is 382 g/mol. The van der Waals surface area contributed by atoms with Gasteiger partial charge in [-0.3, -0.25) is 0 Å². The molecule has 0 radical (unpaired) electrons. The molecule has 0 amide bonds. The second-order valence-corrected chi connectivity index (χ2v) is 5.56. The van der Waals surface area contributed by atoms with Crippen LogP contribution in [0.15, 0.2) is 36.7 Å². The number of hydrogen-bond donors (Lipinski definition) is 1. The number of anilines is 1. The van der Waals surface area contributed by atoms with Crippen LogP contribution in [0.2, 0.25) is 0 Å². The van der Waals surface area contributed by atoms with Crippen molar-refractivity contribution in [2.75, 3.05) is 12.8 Å². The molecule has 0 aliphatic rings. The summed E-state index contributed by atoms with van der Waals surface area (Å²) in [7, 11) is 1.12. The Morgan fingerprint density at radius 1 is 1.32 bits per heavy atom. The van der Waals surface area contributed by atoms with Gasteiger partial charge in [-0.15, -0.1) is 0 Å². The Labute approximate surface area is 155 Å². The van der Waals surface area contributed by atoms with Crippen LogP contribution in [-0.2, 0) is 10.9 Å². The lowest BCUT2D eigenvalue weighted by molar-refractivity contribution is -0.141. The molecule has 0 atom stereocenters. The number of alkyl halides is 3. The molecule has 0 aliphatic carbocycles. The van der Waals surface area contributed by atoms with Crippen molar-refractivity contribution in [3.63, 3.8) is 0 Å². The van der Waals surface area contributed by atoms with E-state index in [4.69, 9.17) is 11.0 Å². The Hall–Kier alpha value is -3.81. The van der Waals surface area contributed by atoms with Crippen LogP contribution in [-0.4, -0.2) is 27.4 Å². The Bertz CT molecular complexity index is 1110. The predicted octanol–water partition coefficient (Wildman–Crippen LogP) is 3.06. The number of ether oxygens (including phenoxy) is 1. The maximum atomic E-state index is 14.6. The van der Waals surface area contributed by atoms with E-state index < -0.39 is 23.7 Å². The molecule has 0 bridgehead atoms. The number of methoxy groups -OCH3 is 1. The second kappa shape index (κ2) is 6.73. The first-order chi connectivity index (χ1) is 13.2. The average Bonchev–Trinajstić information content (AvgIpc) is 3.25. The summed E-state index contributed by atoms with van der Waals surface area (Å²) in [6.07, 6.45) is -2.46. The van der Waals surface area contributed by atoms with Gasteiger partial charge in [-0.2, -0.15) is 23.5 Å². The fraction of sp³-hybridized carbons (Fsp3) is 0.118. The zero-order chi connectivity index (χ0) is 20.6. The first kappa shape index (κ1) is 19.0. The third-order valence-electron chi connectivity index (χ3n) is 3.88. The number of esters is 1. The van der Waals surface area contributed by atoms with Gasteiger partial charge in [-0.25, -0.2) is 13.9 Å². The average molecular weight is 393 g/mol. The number of nitrogens with zero attached hydrogens (tertiary/aromatic N) is 4. The van der Waals surface area contributed by atoms with Gasteiger partial charge in [0.05, 0.1) is 18.4 Å². The van der Waals surface area contributed by atoms with Crippen LogP contribution < -0.4 is 5.73 Å². The molecule has 2 N–H and O–H groups in total. The van der Waals surface area contributed by atoms with E-state index in [9.17, 15) is 22.4 Å². The maximum Gasteiger partial charge on any atom is 0.435 e. The predicted molar refractivity (Wildman–Crippen MR) is 88.3 cm³/mol. The van der Waals surface area contributed by atoms with Crippen LogP contribution >= 0.6 is 0 Å². The van der Waals surface area contributed by atoms with Crippen LogP contribution in [0.5, 0.6) is 0 Å². The van der Waals surface area contributed by atoms with E-state index in [-0.39, 0.29) is 28.3 Å². The summed E-state index contributed by atoms with van der Waals surface area (Å²) in [4.78, 5) is 12.0. The molecule has 1 aromatic carbocycles. The highest BCUT2D eigenvalue weighted by Gasteiger charge is 2.33. The highest BCUT2D eigenvalue weighted by atomic mass is 19.4. The molecule has 0 spiro atoms. The standard InChI is InChI=1S/C17H11F4N5O2/c1-28-16(27)15-14(23)9(7-22)8-25(15)10-2-3-12(11(18)6-10)26-5-4-13(24-26)17(19,20)21/h2-6,8H,23H2,1H3. The topological polar surface area (TPSA) is 98.9 Å². The maximum absolute atomic E-state index is 14.6. The molecule has 28 heavy (non-hydrogen) atoms. The quantitative estimate of drug-likeness (QED) is 0.545. The van der Waals surface area contributed by atoms with Crippen LogP contribution in [0, 0.1) is 17.1 Å². The van der Waals surface area contributed by atoms with Crippen molar-refractivity contribution in [1.82, 2.24) is 14.3 Å². The third kappa shape index (κ3) is 3.16. The normalized spacial score (nSPS) is 11.3. The number of nitriles is 1. The number of nitrogens with two attached hydrogens (primary N) is 1. The molecule has 3 rings (SSSR count). The number of nitrogen functional groups attached to an aromatic ring is 1. The van der Waals surface area contributed by atoms with Crippen LogP contribution in [0.4, 0.5) is 23.2 Å². The summed E-state index contributed by atoms with van der Waals surface area (Å²) in [5.41, 5.74) is 4.14. The Balaban J connectivity index is 2.08. The summed E-state index contributed by atoms with van der Waals surface area (Å²) in [5, 5.41) is 12.4. The molecule has 0 fully saturated rings. The lowest BCUT2D eigenvalue weighted by atomic mass is 10.2. The molecule has 0 saturated heterocycles. The van der Waals surface area contributed by atoms with Crippen molar-refractivity contribution in [3.8, 4) is 17.4 Å². The minimum absolute atomic E-state index is 0.0215. The van der Waals surface area contributed by atoms with Gasteiger partial charge in [0.2, 0.25) is 0 Å². The lowest BCUT2D eigenvalue weighted by Gasteiger charge is -2.10. The molecule has 3 aromatic rings. The van der Waals surface area contributed by atoms with Gasteiger partial charge >= 0.3 is 12.1 Å². The van der Waals surface area contributed by atoms with Gasteiger partial charge in [-0.05, 0) is 18.2 Å². The van der Waals surface area contributed by atoms with Crippen molar-refractivity contribution in [1.29, 1.82) is 5.26 Å². The molecule has 0 unspecified atom stereocenters. The fourth-order valence-corrected chi connectivity index (χ4v) is 2.56. The minimum Gasteiger partial charge on any atom is -0.464 e. The highest BCUT2D eigenvalue weighted by molar-refractivity contribution is 5.95. The van der Waals surface area contributed by atoms with E-state index >= 15 is 0 Å². The van der Waals surface area contributed by atoms with E-state index in [0.29, 0.717) is 6.07 Å². The summed E-state index contributed by atoms with van der Waals surface area (Å²) >= 11 is 0. The highest BCUT2D eigenvalue weighted by Crippen LogP contribution is 2.29. The molecule has 11 heteroatoms. The van der Waals surface area contributed by atoms with E-state index in [1.165, 1.54) is 18.3 Å². The summed E-state index contributed by atoms with van der Waals surface area (Å²) in [5.74, 6) is -1.75. The first-order valence-electron chi connectivity index (χ1n) is 7.59. The van der Waals surface area contributed by atoms with Crippen LogP contribution in [0.1, 0.15) is 21.7 Å². The van der Waals surface area contributed by atoms with Crippen LogP contribution in [0.3, 0.4) is 0 Å². The number of halogens is 4. The Morgan fingerprint density at radius 3 is 2.57 bits per heavy atom. The van der Waals surface area contributed by atoms with Gasteiger partial charge in [-0.1, -0.05) is 0 Å². The van der Waals surface area contributed by atoms with Gasteiger partial charge in [0.25, 0.3) is 0 Å². The molecule has 0 aliphatic heterocycles. The van der Waals surface area contributed by atoms with Crippen molar-refractivity contribution < 1.29 is 27.1 Å². The third-order valence-corrected chi connectivity index (χ3v) is 3.88. The fourth-order valence-electron chi connectivity index (χ4n) is 2.56. The van der Waals surface area contributed by atoms with Crippen molar-refractivity contribution >= 4 is 11.7 Å². The van der Waals surface area contributed by atoms with Gasteiger partial charge in [0.1, 0.15) is 11.8 Å². The number of benzene rings is 1. The van der Waals surface area contributed by atoms with E-state index in [2.05, 4.69) is 9.84 Å². The van der Waals surface area contributed by atoms with E-state index in [0.717, 1.165) is 28.6 Å². The number of carbonyl (C=O) groups is 1. The molecule has 7 nitrogen and oxygen atoms in total. The number of hydrogen-bond acceptors (Lipinski definition) is 5. The zero-order valence-corrected chi connectivity index (χ0v) is 14.2. The van der Waals surface area contributed by atoms with Crippen LogP contribution in [0.25, 0.3) is 11.4 Å². The smallest absolute Gasteiger partial charge is 0.435 e. The first-order valence-corrected chi connectivity index (χ1v) is 7.59. The number of rotatable bonds is 3. The van der Waals surface area contributed by atoms with E-state index in [1.54, 1.807) is 6.07 Å². The molecule has 2 heterocycles. The van der Waals surface area contributed by atoms with Gasteiger partial charge in [0, 0.05) is 24.1 Å². The van der Waals surface area contributed by atoms with E-state index in [1.807, 2.05) is 0 Å². The Kier molecular flexibility index (Phi) is 4.56. The summed E-state index contributed by atoms with van der Waals surface area (Å²) in [6.45, 7) is 0. The van der Waals surface area contributed by atoms with Crippen molar-refractivity contribution in [3.05, 3.63) is 59.4 Å². The minimum atomic E-state index is -4.66. The number of carbonyl (C=O) groups excluding carboxylic acids is 1. The molecule has 0 saturated carbocycles. The summed E-state index contributed by atoms with van der Waals surface area (Å²) < 4.78 is 59.1. The SMILES string of the molecule is COC(=O)c1c(N)c(C#N)cn1-c1ccc(-n2ccc(C(F)(F)F)n2)c(F)c1. The monoisotopic (exact) mass is 393 g/mol. The Morgan fingerprint density at radius 2 is 2.04 bits per heavy atom. The number of aromatic nitrogens is 3. The summed E-state index contributed by atoms with van der Waals surface area (Å²) in [6, 6.07) is 6.01. The molecule has 2 aromatic heterocycles. The molecule has 144 valence electrons. The van der Waals surface area contributed by atoms with Crippen molar-refractivity contribution in [2.45, 2.75) is 6.18 Å². The lowest BCUT2D eigenvalue weighted by Crippen LogP contribution is -2.11. The molecular formula is C17H11F4N5O2. The largest absolute Gasteiger partial charge is 0.464 e. The second-order valence-electron chi connectivity index (χ2n) is 5.56.